The molecule has 1 saturated heterocycles. The fourth-order valence-electron chi connectivity index (χ4n) is 4.21. The fraction of sp³-hybridized carbons (Fsp3) is 0.348. The molecule has 8 nitrogen and oxygen atoms in total. The quantitative estimate of drug-likeness (QED) is 0.696. The molecule has 0 bridgehead atoms. The Kier molecular flexibility index (Phi) is 5.19. The number of fused-ring (bicyclic) bond motifs is 1. The maximum atomic E-state index is 12.8. The van der Waals surface area contributed by atoms with Gasteiger partial charge in [-0.3, -0.25) is 4.79 Å². The van der Waals surface area contributed by atoms with E-state index in [1.165, 1.54) is 0 Å². The highest BCUT2D eigenvalue weighted by Crippen LogP contribution is 2.32. The first-order chi connectivity index (χ1) is 15.2. The van der Waals surface area contributed by atoms with Crippen molar-refractivity contribution in [3.05, 3.63) is 60.0 Å². The third-order valence-electron chi connectivity index (χ3n) is 5.76. The summed E-state index contributed by atoms with van der Waals surface area (Å²) in [6, 6.07) is 11.7. The molecule has 3 aromatic rings. The third-order valence-corrected chi connectivity index (χ3v) is 5.76. The van der Waals surface area contributed by atoms with Crippen LogP contribution in [0.15, 0.2) is 48.8 Å². The van der Waals surface area contributed by atoms with Gasteiger partial charge in [0, 0.05) is 50.7 Å². The van der Waals surface area contributed by atoms with E-state index in [1.807, 2.05) is 36.4 Å². The highest BCUT2D eigenvalue weighted by Gasteiger charge is 2.30. The molecule has 31 heavy (non-hydrogen) atoms. The van der Waals surface area contributed by atoms with Crippen molar-refractivity contribution in [1.82, 2.24) is 19.9 Å². The minimum atomic E-state index is 0.116. The summed E-state index contributed by atoms with van der Waals surface area (Å²) in [6.07, 6.45) is 4.86. The Labute approximate surface area is 181 Å². The van der Waals surface area contributed by atoms with Crippen molar-refractivity contribution in [1.29, 1.82) is 0 Å². The first-order valence-electron chi connectivity index (χ1n) is 10.7. The molecule has 1 fully saturated rings. The van der Waals surface area contributed by atoms with E-state index >= 15 is 0 Å². The number of Topliss-reactive ketones (excluding diaryl/α,β-unsaturated/α-hetero) is 1. The number of anilines is 4. The van der Waals surface area contributed by atoms with Gasteiger partial charge in [-0.2, -0.15) is 4.98 Å². The average molecular weight is 416 g/mol. The topological polar surface area (TPSA) is 87.1 Å². The number of hydrogen-bond acceptors (Lipinski definition) is 8. The van der Waals surface area contributed by atoms with E-state index in [0.717, 1.165) is 49.9 Å². The lowest BCUT2D eigenvalue weighted by Gasteiger charge is -2.35. The van der Waals surface area contributed by atoms with Crippen molar-refractivity contribution < 1.29 is 4.79 Å². The molecule has 2 aromatic heterocycles. The zero-order chi connectivity index (χ0) is 21.2. The smallest absolute Gasteiger partial charge is 0.227 e. The number of ketones is 1. The van der Waals surface area contributed by atoms with Gasteiger partial charge >= 0.3 is 0 Å². The first-order valence-corrected chi connectivity index (χ1v) is 10.7. The molecule has 0 radical (unpaired) electrons. The first kappa shape index (κ1) is 19.4. The summed E-state index contributed by atoms with van der Waals surface area (Å²) in [6.45, 7) is 5.23. The number of para-hydroxylation sites is 1. The minimum absolute atomic E-state index is 0.116. The number of piperazine rings is 1. The fourth-order valence-corrected chi connectivity index (χ4v) is 4.21. The molecule has 158 valence electrons. The molecule has 0 saturated carbocycles. The number of carbonyl (C=O) groups is 1. The largest absolute Gasteiger partial charge is 0.339 e. The van der Waals surface area contributed by atoms with E-state index in [2.05, 4.69) is 32.0 Å². The number of nitrogens with one attached hydrogen (secondary N) is 1. The summed E-state index contributed by atoms with van der Waals surface area (Å²) < 4.78 is 0. The molecule has 1 atom stereocenters. The number of benzene rings is 1. The van der Waals surface area contributed by atoms with Crippen LogP contribution in [0, 0.1) is 5.92 Å². The second-order valence-corrected chi connectivity index (χ2v) is 8.14. The van der Waals surface area contributed by atoms with Crippen LogP contribution in [0.25, 0.3) is 0 Å². The van der Waals surface area contributed by atoms with E-state index in [0.29, 0.717) is 29.7 Å². The van der Waals surface area contributed by atoms with Gasteiger partial charge in [0.15, 0.2) is 5.78 Å². The Morgan fingerprint density at radius 2 is 1.55 bits per heavy atom. The van der Waals surface area contributed by atoms with Crippen LogP contribution < -0.4 is 15.1 Å². The predicted octanol–water partition coefficient (Wildman–Crippen LogP) is 3.10. The van der Waals surface area contributed by atoms with E-state index in [4.69, 9.17) is 9.97 Å². The molecule has 0 amide bonds. The summed E-state index contributed by atoms with van der Waals surface area (Å²) in [5, 5.41) is 3.36. The molecule has 1 aromatic carbocycles. The van der Waals surface area contributed by atoms with Gasteiger partial charge in [0.05, 0.1) is 11.3 Å². The zero-order valence-electron chi connectivity index (χ0n) is 17.5. The van der Waals surface area contributed by atoms with Gasteiger partial charge in [-0.15, -0.1) is 0 Å². The van der Waals surface area contributed by atoms with Gasteiger partial charge in [-0.05, 0) is 30.5 Å². The van der Waals surface area contributed by atoms with Gasteiger partial charge < -0.3 is 15.1 Å². The minimum Gasteiger partial charge on any atom is -0.339 e. The van der Waals surface area contributed by atoms with Crippen molar-refractivity contribution >= 4 is 29.2 Å². The molecular weight excluding hydrogens is 390 g/mol. The highest BCUT2D eigenvalue weighted by molar-refractivity contribution is 6.03. The molecule has 3 heterocycles. The second kappa shape index (κ2) is 8.29. The zero-order valence-corrected chi connectivity index (χ0v) is 17.5. The van der Waals surface area contributed by atoms with Crippen molar-refractivity contribution in [3.8, 4) is 0 Å². The Balaban J connectivity index is 1.43. The highest BCUT2D eigenvalue weighted by atomic mass is 16.1. The lowest BCUT2D eigenvalue weighted by Crippen LogP contribution is -2.48. The summed E-state index contributed by atoms with van der Waals surface area (Å²) in [7, 11) is 0. The monoisotopic (exact) mass is 415 g/mol. The molecule has 5 rings (SSSR count). The molecule has 1 aliphatic carbocycles. The van der Waals surface area contributed by atoms with Gasteiger partial charge in [-0.25, -0.2) is 15.0 Å². The van der Waals surface area contributed by atoms with Crippen LogP contribution in [0.1, 0.15) is 29.4 Å². The second-order valence-electron chi connectivity index (χ2n) is 8.14. The number of carbonyl (C=O) groups excluding carboxylic acids is 1. The number of rotatable bonds is 4. The summed E-state index contributed by atoms with van der Waals surface area (Å²) >= 11 is 0. The number of aromatic nitrogens is 4. The molecule has 1 aliphatic heterocycles. The van der Waals surface area contributed by atoms with E-state index < -0.39 is 0 Å². The van der Waals surface area contributed by atoms with Gasteiger partial charge in [0.1, 0.15) is 5.82 Å². The van der Waals surface area contributed by atoms with Gasteiger partial charge in [0.2, 0.25) is 11.9 Å². The summed E-state index contributed by atoms with van der Waals surface area (Å²) in [5.41, 5.74) is 2.40. The lowest BCUT2D eigenvalue weighted by molar-refractivity contribution is 0.0952. The SMILES string of the molecule is CC1CC(=O)c2c(nc(N3CCN(c4ncccn4)CC3)nc2Nc2ccccc2)C1. The maximum absolute atomic E-state index is 12.8. The molecule has 2 aliphatic rings. The normalized spacial score (nSPS) is 18.6. The summed E-state index contributed by atoms with van der Waals surface area (Å²) in [5.74, 6) is 2.44. The molecule has 1 N–H and O–H groups in total. The van der Waals surface area contributed by atoms with Gasteiger partial charge in [0.25, 0.3) is 0 Å². The van der Waals surface area contributed by atoms with Crippen molar-refractivity contribution in [2.24, 2.45) is 5.92 Å². The predicted molar refractivity (Wildman–Crippen MR) is 120 cm³/mol. The van der Waals surface area contributed by atoms with Crippen molar-refractivity contribution in [3.63, 3.8) is 0 Å². The van der Waals surface area contributed by atoms with Crippen molar-refractivity contribution in [2.75, 3.05) is 41.3 Å². The average Bonchev–Trinajstić information content (AvgIpc) is 2.80. The standard InChI is InChI=1S/C23H25N7O/c1-16-14-18-20(19(31)15-16)21(26-17-6-3-2-4-7-17)28-23(27-18)30-12-10-29(11-13-30)22-24-8-5-9-25-22/h2-9,16H,10-15H2,1H3,(H,26,27,28). The van der Waals surface area contributed by atoms with Crippen LogP contribution in [0.2, 0.25) is 0 Å². The number of hydrogen-bond donors (Lipinski definition) is 1. The van der Waals surface area contributed by atoms with Gasteiger partial charge in [-0.1, -0.05) is 25.1 Å². The van der Waals surface area contributed by atoms with Crippen molar-refractivity contribution in [2.45, 2.75) is 19.8 Å². The molecule has 1 unspecified atom stereocenters. The van der Waals surface area contributed by atoms with Crippen LogP contribution in [0.5, 0.6) is 0 Å². The molecule has 8 heteroatoms. The molecular formula is C23H25N7O. The Bertz CT molecular complexity index is 1070. The maximum Gasteiger partial charge on any atom is 0.227 e. The summed E-state index contributed by atoms with van der Waals surface area (Å²) in [4.78, 5) is 35.6. The van der Waals surface area contributed by atoms with Crippen LogP contribution in [0.4, 0.5) is 23.4 Å². The van der Waals surface area contributed by atoms with Crippen LogP contribution in [-0.4, -0.2) is 51.9 Å². The Hall–Kier alpha value is -3.55. The van der Waals surface area contributed by atoms with E-state index in [9.17, 15) is 4.79 Å². The lowest BCUT2D eigenvalue weighted by atomic mass is 9.87. The van der Waals surface area contributed by atoms with E-state index in [1.54, 1.807) is 12.4 Å². The van der Waals surface area contributed by atoms with Crippen LogP contribution >= 0.6 is 0 Å². The number of nitrogens with zero attached hydrogens (tertiary/aromatic N) is 6. The molecule has 0 spiro atoms. The van der Waals surface area contributed by atoms with Crippen LogP contribution in [0.3, 0.4) is 0 Å². The van der Waals surface area contributed by atoms with Crippen LogP contribution in [-0.2, 0) is 6.42 Å². The van der Waals surface area contributed by atoms with E-state index in [-0.39, 0.29) is 5.78 Å². The Morgan fingerprint density at radius 3 is 2.26 bits per heavy atom. The Morgan fingerprint density at radius 1 is 0.871 bits per heavy atom. The third kappa shape index (κ3) is 4.05.